The summed E-state index contributed by atoms with van der Waals surface area (Å²) < 4.78 is 41.4. The Labute approximate surface area is 121 Å². The predicted molar refractivity (Wildman–Crippen MR) is 76.2 cm³/mol. The van der Waals surface area contributed by atoms with Gasteiger partial charge in [0.15, 0.2) is 0 Å². The molecule has 1 heterocycles. The number of fused-ring (bicyclic) bond motifs is 1. The predicted octanol–water partition coefficient (Wildman–Crippen LogP) is 4.14. The van der Waals surface area contributed by atoms with Crippen LogP contribution in [0.2, 0.25) is 0 Å². The molecule has 0 fully saturated rings. The Bertz CT molecular complexity index is 599. The fourth-order valence-electron chi connectivity index (χ4n) is 1.96. The van der Waals surface area contributed by atoms with Gasteiger partial charge in [0.1, 0.15) is 5.82 Å². The third-order valence-electron chi connectivity index (χ3n) is 2.93. The molecule has 0 unspecified atom stereocenters. The van der Waals surface area contributed by atoms with Crippen LogP contribution in [0.5, 0.6) is 0 Å². The number of ether oxygens (including phenoxy) is 1. The topological polar surface area (TPSA) is 34.2 Å². The van der Waals surface area contributed by atoms with Gasteiger partial charge >= 0.3 is 6.18 Å². The lowest BCUT2D eigenvalue weighted by Crippen LogP contribution is -2.12. The van der Waals surface area contributed by atoms with Crippen molar-refractivity contribution >= 4 is 16.7 Å². The summed E-state index contributed by atoms with van der Waals surface area (Å²) in [5.74, 6) is 0.656. The number of hydrogen-bond acceptors (Lipinski definition) is 3. The van der Waals surface area contributed by atoms with Crippen LogP contribution in [0.25, 0.3) is 10.9 Å². The molecule has 0 saturated carbocycles. The number of para-hydroxylation sites is 1. The Morgan fingerprint density at radius 1 is 1.24 bits per heavy atom. The first kappa shape index (κ1) is 15.6. The van der Waals surface area contributed by atoms with Crippen LogP contribution in [0, 0.1) is 0 Å². The fourth-order valence-corrected chi connectivity index (χ4v) is 1.96. The van der Waals surface area contributed by atoms with E-state index in [4.69, 9.17) is 4.74 Å². The van der Waals surface area contributed by atoms with Gasteiger partial charge in [-0.1, -0.05) is 18.2 Å². The minimum absolute atomic E-state index is 0.107. The van der Waals surface area contributed by atoms with Crippen LogP contribution in [-0.2, 0) is 11.3 Å². The van der Waals surface area contributed by atoms with Crippen LogP contribution < -0.4 is 5.32 Å². The minimum atomic E-state index is -4.19. The number of alkyl halides is 3. The van der Waals surface area contributed by atoms with Gasteiger partial charge in [-0.25, -0.2) is 4.98 Å². The summed E-state index contributed by atoms with van der Waals surface area (Å²) in [7, 11) is 0. The number of benzene rings is 1. The van der Waals surface area contributed by atoms with E-state index in [0.717, 1.165) is 16.5 Å². The maximum absolute atomic E-state index is 12.1. The molecule has 0 amide bonds. The van der Waals surface area contributed by atoms with Crippen molar-refractivity contribution < 1.29 is 17.9 Å². The highest BCUT2D eigenvalue weighted by molar-refractivity contribution is 5.81. The zero-order valence-corrected chi connectivity index (χ0v) is 11.7. The number of rotatable bonds is 6. The van der Waals surface area contributed by atoms with Gasteiger partial charge < -0.3 is 10.1 Å². The Kier molecular flexibility index (Phi) is 5.01. The van der Waals surface area contributed by atoms with E-state index in [2.05, 4.69) is 10.3 Å². The van der Waals surface area contributed by atoms with Crippen LogP contribution >= 0.6 is 0 Å². The third-order valence-corrected chi connectivity index (χ3v) is 2.93. The number of aromatic nitrogens is 1. The lowest BCUT2D eigenvalue weighted by molar-refractivity contribution is -0.146. The van der Waals surface area contributed by atoms with Crippen molar-refractivity contribution in [1.29, 1.82) is 0 Å². The van der Waals surface area contributed by atoms with Crippen LogP contribution in [-0.4, -0.2) is 24.3 Å². The molecule has 1 aromatic heterocycles. The zero-order valence-electron chi connectivity index (χ0n) is 11.7. The monoisotopic (exact) mass is 298 g/mol. The van der Waals surface area contributed by atoms with Crippen molar-refractivity contribution in [3.05, 3.63) is 35.9 Å². The van der Waals surface area contributed by atoms with Crippen molar-refractivity contribution in [3.63, 3.8) is 0 Å². The third kappa shape index (κ3) is 4.60. The highest BCUT2D eigenvalue weighted by Gasteiger charge is 2.26. The van der Waals surface area contributed by atoms with Gasteiger partial charge in [-0.05, 0) is 19.1 Å². The Hall–Kier alpha value is -1.82. The van der Waals surface area contributed by atoms with Crippen molar-refractivity contribution in [2.45, 2.75) is 26.1 Å². The quantitative estimate of drug-likeness (QED) is 0.814. The standard InChI is InChI=1S/C15H17F3N2O/c1-2-19-14-12(10-21-8-7-15(16,17)18)9-11-5-3-4-6-13(11)20-14/h3-6,9H,2,7-8,10H2,1H3,(H,19,20). The second kappa shape index (κ2) is 6.76. The number of nitrogens with one attached hydrogen (secondary N) is 1. The molecule has 2 aromatic rings. The Morgan fingerprint density at radius 2 is 2.00 bits per heavy atom. The number of anilines is 1. The fraction of sp³-hybridized carbons (Fsp3) is 0.400. The van der Waals surface area contributed by atoms with Crippen LogP contribution in [0.15, 0.2) is 30.3 Å². The van der Waals surface area contributed by atoms with E-state index >= 15 is 0 Å². The van der Waals surface area contributed by atoms with E-state index in [9.17, 15) is 13.2 Å². The highest BCUT2D eigenvalue weighted by atomic mass is 19.4. The van der Waals surface area contributed by atoms with Crippen LogP contribution in [0.3, 0.4) is 0 Å². The van der Waals surface area contributed by atoms with Gasteiger partial charge in [-0.2, -0.15) is 13.2 Å². The van der Waals surface area contributed by atoms with Gasteiger partial charge in [0.05, 0.1) is 25.2 Å². The molecule has 0 bridgehead atoms. The molecule has 0 aliphatic rings. The van der Waals surface area contributed by atoms with Crippen molar-refractivity contribution in [3.8, 4) is 0 Å². The average molecular weight is 298 g/mol. The number of halogens is 3. The van der Waals surface area contributed by atoms with E-state index in [0.29, 0.717) is 12.4 Å². The summed E-state index contributed by atoms with van der Waals surface area (Å²) in [4.78, 5) is 4.48. The molecule has 0 saturated heterocycles. The molecule has 1 N–H and O–H groups in total. The van der Waals surface area contributed by atoms with Crippen LogP contribution in [0.4, 0.5) is 19.0 Å². The normalized spacial score (nSPS) is 11.8. The Morgan fingerprint density at radius 3 is 2.71 bits per heavy atom. The first-order valence-electron chi connectivity index (χ1n) is 6.76. The summed E-state index contributed by atoms with van der Waals surface area (Å²) in [6.07, 6.45) is -5.13. The molecule has 0 spiro atoms. The maximum Gasteiger partial charge on any atom is 0.391 e. The van der Waals surface area contributed by atoms with E-state index < -0.39 is 12.6 Å². The van der Waals surface area contributed by atoms with Gasteiger partial charge in [-0.3, -0.25) is 0 Å². The van der Waals surface area contributed by atoms with Gasteiger partial charge in [0, 0.05) is 17.5 Å². The second-order valence-electron chi connectivity index (χ2n) is 4.64. The molecular weight excluding hydrogens is 281 g/mol. The largest absolute Gasteiger partial charge is 0.391 e. The number of pyridine rings is 1. The molecular formula is C15H17F3N2O. The first-order valence-corrected chi connectivity index (χ1v) is 6.76. The van der Waals surface area contributed by atoms with Gasteiger partial charge in [0.2, 0.25) is 0 Å². The van der Waals surface area contributed by atoms with E-state index in [-0.39, 0.29) is 13.2 Å². The van der Waals surface area contributed by atoms with E-state index in [1.807, 2.05) is 37.3 Å². The lowest BCUT2D eigenvalue weighted by Gasteiger charge is -2.12. The molecule has 3 nitrogen and oxygen atoms in total. The van der Waals surface area contributed by atoms with E-state index in [1.165, 1.54) is 0 Å². The van der Waals surface area contributed by atoms with Gasteiger partial charge in [0.25, 0.3) is 0 Å². The summed E-state index contributed by atoms with van der Waals surface area (Å²) in [6.45, 7) is 2.38. The SMILES string of the molecule is CCNc1nc2ccccc2cc1COCCC(F)(F)F. The van der Waals surface area contributed by atoms with Crippen molar-refractivity contribution in [1.82, 2.24) is 4.98 Å². The summed E-state index contributed by atoms with van der Waals surface area (Å²) >= 11 is 0. The van der Waals surface area contributed by atoms with Crippen molar-refractivity contribution in [2.75, 3.05) is 18.5 Å². The molecule has 6 heteroatoms. The highest BCUT2D eigenvalue weighted by Crippen LogP contribution is 2.23. The molecule has 0 aliphatic heterocycles. The molecule has 0 radical (unpaired) electrons. The smallest absolute Gasteiger partial charge is 0.376 e. The summed E-state index contributed by atoms with van der Waals surface area (Å²) in [5.41, 5.74) is 1.60. The zero-order chi connectivity index (χ0) is 15.3. The molecule has 0 atom stereocenters. The summed E-state index contributed by atoms with van der Waals surface area (Å²) in [5, 5.41) is 4.05. The number of nitrogens with zero attached hydrogens (tertiary/aromatic N) is 1. The first-order chi connectivity index (χ1) is 9.99. The molecule has 21 heavy (non-hydrogen) atoms. The molecule has 114 valence electrons. The van der Waals surface area contributed by atoms with Gasteiger partial charge in [-0.15, -0.1) is 0 Å². The Balaban J connectivity index is 2.11. The number of hydrogen-bond donors (Lipinski definition) is 1. The minimum Gasteiger partial charge on any atom is -0.376 e. The second-order valence-corrected chi connectivity index (χ2v) is 4.64. The van der Waals surface area contributed by atoms with Crippen molar-refractivity contribution in [2.24, 2.45) is 0 Å². The maximum atomic E-state index is 12.1. The van der Waals surface area contributed by atoms with E-state index in [1.54, 1.807) is 0 Å². The average Bonchev–Trinajstić information content (AvgIpc) is 2.43. The molecule has 0 aliphatic carbocycles. The van der Waals surface area contributed by atoms with Crippen LogP contribution in [0.1, 0.15) is 18.9 Å². The summed E-state index contributed by atoms with van der Waals surface area (Å²) in [6, 6.07) is 9.49. The lowest BCUT2D eigenvalue weighted by atomic mass is 10.1. The molecule has 2 rings (SSSR count). The molecule has 1 aromatic carbocycles.